The van der Waals surface area contributed by atoms with Crippen LogP contribution < -0.4 is 5.32 Å². The van der Waals surface area contributed by atoms with Crippen LogP contribution in [0, 0.1) is 6.92 Å². The number of cyclic esters (lactones) is 1. The van der Waals surface area contributed by atoms with Crippen LogP contribution in [-0.2, 0) is 20.7 Å². The number of ether oxygens (including phenoxy) is 1. The van der Waals surface area contributed by atoms with Crippen molar-refractivity contribution in [3.63, 3.8) is 0 Å². The summed E-state index contributed by atoms with van der Waals surface area (Å²) in [5.41, 5.74) is 2.10. The Morgan fingerprint density at radius 1 is 1.32 bits per heavy atom. The van der Waals surface area contributed by atoms with Gasteiger partial charge in [-0.05, 0) is 12.5 Å². The molecule has 1 unspecified atom stereocenters. The first kappa shape index (κ1) is 15.2. The number of benzene rings is 1. The largest absolute Gasteiger partial charge is 0.464 e. The van der Waals surface area contributed by atoms with E-state index in [0.29, 0.717) is 19.4 Å². The Morgan fingerprint density at radius 3 is 2.47 bits per heavy atom. The van der Waals surface area contributed by atoms with Gasteiger partial charge in [-0.15, -0.1) is 0 Å². The molecule has 0 aliphatic carbocycles. The van der Waals surface area contributed by atoms with E-state index in [1.165, 1.54) is 0 Å². The highest BCUT2D eigenvalue weighted by atomic mass is 16.5. The number of amides is 1. The average molecular weight is 263 g/mol. The zero-order valence-corrected chi connectivity index (χ0v) is 11.7. The molecule has 1 amide bonds. The van der Waals surface area contributed by atoms with E-state index in [2.05, 4.69) is 5.32 Å². The summed E-state index contributed by atoms with van der Waals surface area (Å²) in [5.74, 6) is -0.472. The normalized spacial score (nSPS) is 17.2. The first-order valence-electron chi connectivity index (χ1n) is 6.67. The van der Waals surface area contributed by atoms with Gasteiger partial charge in [0.2, 0.25) is 5.91 Å². The summed E-state index contributed by atoms with van der Waals surface area (Å²) in [6, 6.07) is 7.30. The molecule has 1 aromatic carbocycles. The van der Waals surface area contributed by atoms with Crippen LogP contribution in [0.15, 0.2) is 24.3 Å². The van der Waals surface area contributed by atoms with E-state index < -0.39 is 6.04 Å². The molecule has 1 aliphatic rings. The van der Waals surface area contributed by atoms with Gasteiger partial charge < -0.3 is 10.1 Å². The number of esters is 1. The number of carbonyl (C=O) groups excluding carboxylic acids is 2. The predicted molar refractivity (Wildman–Crippen MR) is 73.7 cm³/mol. The summed E-state index contributed by atoms with van der Waals surface area (Å²) >= 11 is 0. The maximum Gasteiger partial charge on any atom is 0.328 e. The third kappa shape index (κ3) is 4.73. The minimum atomic E-state index is -0.465. The molecule has 1 saturated heterocycles. The molecule has 4 heteroatoms. The number of rotatable bonds is 3. The van der Waals surface area contributed by atoms with Gasteiger partial charge in [0.05, 0.1) is 13.0 Å². The Bertz CT molecular complexity index is 426. The van der Waals surface area contributed by atoms with E-state index in [1.54, 1.807) is 0 Å². The van der Waals surface area contributed by atoms with Crippen LogP contribution in [0.3, 0.4) is 0 Å². The van der Waals surface area contributed by atoms with Gasteiger partial charge in [-0.1, -0.05) is 43.7 Å². The summed E-state index contributed by atoms with van der Waals surface area (Å²) in [4.78, 5) is 22.8. The van der Waals surface area contributed by atoms with Gasteiger partial charge in [-0.25, -0.2) is 4.79 Å². The van der Waals surface area contributed by atoms with Crippen molar-refractivity contribution in [2.45, 2.75) is 39.7 Å². The Hall–Kier alpha value is -1.84. The van der Waals surface area contributed by atoms with E-state index >= 15 is 0 Å². The molecule has 104 valence electrons. The van der Waals surface area contributed by atoms with Crippen molar-refractivity contribution in [2.24, 2.45) is 0 Å². The van der Waals surface area contributed by atoms with E-state index in [1.807, 2.05) is 45.0 Å². The summed E-state index contributed by atoms with van der Waals surface area (Å²) < 4.78 is 4.78. The fourth-order valence-electron chi connectivity index (χ4n) is 1.76. The predicted octanol–water partition coefficient (Wildman–Crippen LogP) is 2.00. The van der Waals surface area contributed by atoms with E-state index in [9.17, 15) is 9.59 Å². The van der Waals surface area contributed by atoms with Crippen molar-refractivity contribution in [3.8, 4) is 0 Å². The maximum absolute atomic E-state index is 11.7. The molecule has 2 rings (SSSR count). The van der Waals surface area contributed by atoms with Gasteiger partial charge in [-0.3, -0.25) is 4.79 Å². The molecular weight excluding hydrogens is 242 g/mol. The Labute approximate surface area is 114 Å². The van der Waals surface area contributed by atoms with Crippen molar-refractivity contribution in [1.82, 2.24) is 5.32 Å². The van der Waals surface area contributed by atoms with E-state index in [-0.39, 0.29) is 11.9 Å². The zero-order valence-electron chi connectivity index (χ0n) is 11.7. The third-order valence-electron chi connectivity index (χ3n) is 2.76. The van der Waals surface area contributed by atoms with Crippen LogP contribution in [0.25, 0.3) is 0 Å². The minimum absolute atomic E-state index is 0.141. The summed E-state index contributed by atoms with van der Waals surface area (Å²) in [7, 11) is 0. The highest BCUT2D eigenvalue weighted by molar-refractivity contribution is 5.86. The molecule has 1 N–H and O–H groups in total. The van der Waals surface area contributed by atoms with Crippen LogP contribution in [0.5, 0.6) is 0 Å². The molecule has 0 radical (unpaired) electrons. The lowest BCUT2D eigenvalue weighted by molar-refractivity contribution is -0.141. The number of aryl methyl sites for hydroxylation is 1. The van der Waals surface area contributed by atoms with Gasteiger partial charge >= 0.3 is 5.97 Å². The second-order valence-corrected chi connectivity index (χ2v) is 4.24. The van der Waals surface area contributed by atoms with Crippen LogP contribution in [0.4, 0.5) is 0 Å². The molecule has 1 aliphatic heterocycles. The molecule has 1 aromatic rings. The second-order valence-electron chi connectivity index (χ2n) is 4.24. The number of carbonyl (C=O) groups is 2. The van der Waals surface area contributed by atoms with Crippen molar-refractivity contribution < 1.29 is 14.3 Å². The molecule has 1 fully saturated rings. The van der Waals surface area contributed by atoms with Gasteiger partial charge in [0.25, 0.3) is 0 Å². The van der Waals surface area contributed by atoms with Crippen LogP contribution in [-0.4, -0.2) is 24.5 Å². The summed E-state index contributed by atoms with van der Waals surface area (Å²) in [6.07, 6.45) is 0.864. The van der Waals surface area contributed by atoms with Gasteiger partial charge in [-0.2, -0.15) is 0 Å². The van der Waals surface area contributed by atoms with Crippen LogP contribution >= 0.6 is 0 Å². The standard InChI is InChI=1S/C13H15NO3.C2H6/c1-9-2-4-10(5-3-9)8-12(15)14-11-6-7-17-13(11)16;1-2/h2-5,11H,6-8H2,1H3,(H,14,15);1-2H3. The smallest absolute Gasteiger partial charge is 0.328 e. The molecule has 0 bridgehead atoms. The van der Waals surface area contributed by atoms with E-state index in [0.717, 1.165) is 11.1 Å². The van der Waals surface area contributed by atoms with Gasteiger partial charge in [0.1, 0.15) is 6.04 Å². The topological polar surface area (TPSA) is 55.4 Å². The fraction of sp³-hybridized carbons (Fsp3) is 0.467. The Kier molecular flexibility index (Phi) is 6.06. The molecule has 4 nitrogen and oxygen atoms in total. The quantitative estimate of drug-likeness (QED) is 0.849. The SMILES string of the molecule is CC.Cc1ccc(CC(=O)NC2CCOC2=O)cc1. The lowest BCUT2D eigenvalue weighted by Gasteiger charge is -2.08. The first-order valence-corrected chi connectivity index (χ1v) is 6.67. The fourth-order valence-corrected chi connectivity index (χ4v) is 1.76. The monoisotopic (exact) mass is 263 g/mol. The Morgan fingerprint density at radius 2 is 1.95 bits per heavy atom. The van der Waals surface area contributed by atoms with Crippen LogP contribution in [0.1, 0.15) is 31.4 Å². The number of hydrogen-bond acceptors (Lipinski definition) is 3. The van der Waals surface area contributed by atoms with Crippen LogP contribution in [0.2, 0.25) is 0 Å². The average Bonchev–Trinajstić information content (AvgIpc) is 2.80. The Balaban J connectivity index is 0.000000861. The highest BCUT2D eigenvalue weighted by Gasteiger charge is 2.27. The third-order valence-corrected chi connectivity index (χ3v) is 2.76. The van der Waals surface area contributed by atoms with Crippen molar-refractivity contribution in [3.05, 3.63) is 35.4 Å². The lowest BCUT2D eigenvalue weighted by atomic mass is 10.1. The van der Waals surface area contributed by atoms with Gasteiger partial charge in [0, 0.05) is 6.42 Å². The molecule has 0 aromatic heterocycles. The highest BCUT2D eigenvalue weighted by Crippen LogP contribution is 2.07. The zero-order chi connectivity index (χ0) is 14.3. The van der Waals surface area contributed by atoms with Crippen molar-refractivity contribution in [1.29, 1.82) is 0 Å². The molecular formula is C15H21NO3. The summed E-state index contributed by atoms with van der Waals surface area (Å²) in [6.45, 7) is 6.40. The molecule has 0 saturated carbocycles. The maximum atomic E-state index is 11.7. The van der Waals surface area contributed by atoms with E-state index in [4.69, 9.17) is 4.74 Å². The number of hydrogen-bond donors (Lipinski definition) is 1. The number of nitrogens with one attached hydrogen (secondary N) is 1. The second kappa shape index (κ2) is 7.56. The molecule has 1 atom stereocenters. The molecule has 1 heterocycles. The molecule has 19 heavy (non-hydrogen) atoms. The molecule has 0 spiro atoms. The van der Waals surface area contributed by atoms with Crippen molar-refractivity contribution in [2.75, 3.05) is 6.61 Å². The van der Waals surface area contributed by atoms with Crippen molar-refractivity contribution >= 4 is 11.9 Å². The van der Waals surface area contributed by atoms with Gasteiger partial charge in [0.15, 0.2) is 0 Å². The first-order chi connectivity index (χ1) is 9.15. The summed E-state index contributed by atoms with van der Waals surface area (Å²) in [5, 5.41) is 2.68. The minimum Gasteiger partial charge on any atom is -0.464 e. The lowest BCUT2D eigenvalue weighted by Crippen LogP contribution is -2.38.